The number of benzene rings is 3. The largest absolute Gasteiger partial charge is 0.395 e. The molecule has 158 valence electrons. The second kappa shape index (κ2) is 11.4. The zero-order valence-corrected chi connectivity index (χ0v) is 19.3. The van der Waals surface area contributed by atoms with E-state index < -0.39 is 20.7 Å². The molecule has 1 atom stereocenters. The molecule has 0 aromatic heterocycles. The van der Waals surface area contributed by atoms with E-state index in [1.54, 1.807) is 0 Å². The Morgan fingerprint density at radius 2 is 1.03 bits per heavy atom. The van der Waals surface area contributed by atoms with Crippen LogP contribution in [0.5, 0.6) is 0 Å². The van der Waals surface area contributed by atoms with E-state index in [9.17, 15) is 0 Å². The lowest BCUT2D eigenvalue weighted by Crippen LogP contribution is -2.71. The van der Waals surface area contributed by atoms with Crippen LogP contribution in [0.25, 0.3) is 0 Å². The number of hydrogen-bond acceptors (Lipinski definition) is 3. The van der Waals surface area contributed by atoms with E-state index in [-0.39, 0.29) is 5.88 Å². The summed E-state index contributed by atoms with van der Waals surface area (Å²) in [5.74, 6) is 0.270. The average molecular weight is 441 g/mol. The Hall–Kier alpha value is -1.95. The van der Waals surface area contributed by atoms with E-state index in [0.29, 0.717) is 13.2 Å². The van der Waals surface area contributed by atoms with Crippen LogP contribution in [0.3, 0.4) is 0 Å². The summed E-state index contributed by atoms with van der Waals surface area (Å²) in [6, 6.07) is 31.3. The van der Waals surface area contributed by atoms with Crippen molar-refractivity contribution in [2.24, 2.45) is 0 Å². The Kier molecular flexibility index (Phi) is 8.67. The lowest BCUT2D eigenvalue weighted by Gasteiger charge is -2.38. The molecule has 3 aromatic rings. The number of hydrogen-bond donors (Lipinski definition) is 0. The van der Waals surface area contributed by atoms with Gasteiger partial charge in [0.2, 0.25) is 0 Å². The molecule has 3 aromatic carbocycles. The highest BCUT2D eigenvalue weighted by Gasteiger charge is 2.45. The van der Waals surface area contributed by atoms with Gasteiger partial charge >= 0.3 is 0 Å². The van der Waals surface area contributed by atoms with Crippen molar-refractivity contribution in [1.82, 2.24) is 0 Å². The zero-order chi connectivity index (χ0) is 21.2. The fourth-order valence-corrected chi connectivity index (χ4v) is 8.06. The Morgan fingerprint density at radius 3 is 1.33 bits per heavy atom. The molecule has 3 nitrogen and oxygen atoms in total. The van der Waals surface area contributed by atoms with Crippen LogP contribution in [0.2, 0.25) is 0 Å². The standard InChI is InChI=1S/C25H29ClO3Si/c1-3-27-25(28-4-2)24(20-26)29-30(21-14-8-5-9-15-21,22-16-10-6-11-17-22)23-18-12-7-13-19-23/h5-19,24-25H,3-4,20H2,1-2H3. The zero-order valence-electron chi connectivity index (χ0n) is 17.5. The van der Waals surface area contributed by atoms with Gasteiger partial charge in [0.05, 0.1) is 5.88 Å². The van der Waals surface area contributed by atoms with Gasteiger partial charge in [0.25, 0.3) is 8.32 Å². The lowest BCUT2D eigenvalue weighted by molar-refractivity contribution is -0.178. The second-order valence-corrected chi connectivity index (χ2v) is 10.5. The maximum Gasteiger partial charge on any atom is 0.288 e. The van der Waals surface area contributed by atoms with Gasteiger partial charge in [-0.1, -0.05) is 91.0 Å². The molecular weight excluding hydrogens is 412 g/mol. The van der Waals surface area contributed by atoms with Crippen molar-refractivity contribution < 1.29 is 13.9 Å². The van der Waals surface area contributed by atoms with Crippen LogP contribution in [0.15, 0.2) is 91.0 Å². The van der Waals surface area contributed by atoms with E-state index in [4.69, 9.17) is 25.5 Å². The maximum absolute atomic E-state index is 7.07. The molecule has 0 bridgehead atoms. The number of alkyl halides is 1. The highest BCUT2D eigenvalue weighted by molar-refractivity contribution is 7.07. The van der Waals surface area contributed by atoms with Gasteiger partial charge in [-0.2, -0.15) is 0 Å². The number of ether oxygens (including phenoxy) is 2. The average Bonchev–Trinajstić information content (AvgIpc) is 2.82. The van der Waals surface area contributed by atoms with Gasteiger partial charge in [-0.25, -0.2) is 0 Å². The first-order chi connectivity index (χ1) is 14.8. The summed E-state index contributed by atoms with van der Waals surface area (Å²) < 4.78 is 18.8. The molecule has 0 aliphatic heterocycles. The predicted molar refractivity (Wildman–Crippen MR) is 127 cm³/mol. The quantitative estimate of drug-likeness (QED) is 0.197. The van der Waals surface area contributed by atoms with Crippen molar-refractivity contribution in [2.75, 3.05) is 19.1 Å². The molecule has 0 fully saturated rings. The van der Waals surface area contributed by atoms with Crippen molar-refractivity contribution in [3.63, 3.8) is 0 Å². The summed E-state index contributed by atoms with van der Waals surface area (Å²) in [4.78, 5) is 0. The molecule has 0 saturated heterocycles. The molecule has 0 amide bonds. The van der Waals surface area contributed by atoms with E-state index in [1.807, 2.05) is 32.0 Å². The highest BCUT2D eigenvalue weighted by Crippen LogP contribution is 2.17. The molecule has 0 N–H and O–H groups in total. The molecule has 0 spiro atoms. The summed E-state index contributed by atoms with van der Waals surface area (Å²) in [7, 11) is -2.87. The van der Waals surface area contributed by atoms with Gasteiger partial charge in [0, 0.05) is 13.2 Å². The first-order valence-electron chi connectivity index (χ1n) is 10.4. The van der Waals surface area contributed by atoms with Crippen molar-refractivity contribution >= 4 is 35.5 Å². The third-order valence-corrected chi connectivity index (χ3v) is 9.39. The van der Waals surface area contributed by atoms with Gasteiger partial charge in [-0.05, 0) is 29.4 Å². The first-order valence-corrected chi connectivity index (χ1v) is 12.8. The van der Waals surface area contributed by atoms with E-state index >= 15 is 0 Å². The van der Waals surface area contributed by atoms with Crippen LogP contribution < -0.4 is 15.6 Å². The minimum absolute atomic E-state index is 0.270. The van der Waals surface area contributed by atoms with Crippen LogP contribution >= 0.6 is 11.6 Å². The van der Waals surface area contributed by atoms with Crippen molar-refractivity contribution in [1.29, 1.82) is 0 Å². The normalized spacial score (nSPS) is 12.8. The van der Waals surface area contributed by atoms with Crippen molar-refractivity contribution in [3.05, 3.63) is 91.0 Å². The van der Waals surface area contributed by atoms with Crippen LogP contribution in [-0.4, -0.2) is 39.8 Å². The van der Waals surface area contributed by atoms with Gasteiger partial charge < -0.3 is 13.9 Å². The van der Waals surface area contributed by atoms with E-state index in [0.717, 1.165) is 15.6 Å². The fraction of sp³-hybridized carbons (Fsp3) is 0.280. The first kappa shape index (κ1) is 22.7. The minimum atomic E-state index is -2.87. The van der Waals surface area contributed by atoms with Crippen LogP contribution in [-0.2, 0) is 13.9 Å². The Balaban J connectivity index is 2.20. The maximum atomic E-state index is 7.07. The molecule has 5 heteroatoms. The van der Waals surface area contributed by atoms with Crippen LogP contribution in [0.1, 0.15) is 13.8 Å². The summed E-state index contributed by atoms with van der Waals surface area (Å²) >= 11 is 6.44. The molecule has 1 unspecified atom stereocenters. The van der Waals surface area contributed by atoms with Crippen LogP contribution in [0.4, 0.5) is 0 Å². The third-order valence-electron chi connectivity index (χ3n) is 4.99. The predicted octanol–water partition coefficient (Wildman–Crippen LogP) is 3.68. The highest BCUT2D eigenvalue weighted by atomic mass is 35.5. The summed E-state index contributed by atoms with van der Waals surface area (Å²) in [6.07, 6.45) is -0.945. The molecular formula is C25H29ClO3Si. The van der Waals surface area contributed by atoms with Crippen molar-refractivity contribution in [3.8, 4) is 0 Å². The fourth-order valence-electron chi connectivity index (χ4n) is 3.70. The molecule has 0 aliphatic rings. The molecule has 3 rings (SSSR count). The summed E-state index contributed by atoms with van der Waals surface area (Å²) in [5.41, 5.74) is 0. The molecule has 0 radical (unpaired) electrons. The molecule has 30 heavy (non-hydrogen) atoms. The van der Waals surface area contributed by atoms with E-state index in [2.05, 4.69) is 72.8 Å². The Labute approximate surface area is 185 Å². The molecule has 0 heterocycles. The van der Waals surface area contributed by atoms with Gasteiger partial charge in [0.15, 0.2) is 6.29 Å². The van der Waals surface area contributed by atoms with Crippen LogP contribution in [0, 0.1) is 0 Å². The lowest BCUT2D eigenvalue weighted by atomic mass is 10.3. The van der Waals surface area contributed by atoms with Gasteiger partial charge in [0.1, 0.15) is 6.10 Å². The molecule has 0 saturated carbocycles. The third kappa shape index (κ3) is 5.02. The summed E-state index contributed by atoms with van der Waals surface area (Å²) in [5, 5.41) is 3.47. The Morgan fingerprint density at radius 1 is 0.667 bits per heavy atom. The minimum Gasteiger partial charge on any atom is -0.395 e. The topological polar surface area (TPSA) is 27.7 Å². The van der Waals surface area contributed by atoms with Crippen molar-refractivity contribution in [2.45, 2.75) is 26.2 Å². The SMILES string of the molecule is CCOC(OCC)C(CCl)O[Si](c1ccccc1)(c1ccccc1)c1ccccc1. The Bertz CT molecular complexity index is 759. The van der Waals surface area contributed by atoms with E-state index in [1.165, 1.54) is 0 Å². The molecule has 0 aliphatic carbocycles. The summed E-state index contributed by atoms with van der Waals surface area (Å²) in [6.45, 7) is 4.96. The van der Waals surface area contributed by atoms with Gasteiger partial charge in [-0.15, -0.1) is 11.6 Å². The van der Waals surface area contributed by atoms with Gasteiger partial charge in [-0.3, -0.25) is 0 Å². The number of halogens is 1. The monoisotopic (exact) mass is 440 g/mol. The number of rotatable bonds is 11. The second-order valence-electron chi connectivity index (χ2n) is 6.87. The smallest absolute Gasteiger partial charge is 0.288 e.